The summed E-state index contributed by atoms with van der Waals surface area (Å²) in [5.74, 6) is 0.452. The fraction of sp³-hybridized carbons (Fsp3) is 0.0667. The van der Waals surface area contributed by atoms with E-state index in [0.29, 0.717) is 20.5 Å². The second-order valence-corrected chi connectivity index (χ2v) is 6.37. The molecule has 0 spiro atoms. The summed E-state index contributed by atoms with van der Waals surface area (Å²) >= 11 is 6.44. The number of hydrogen-bond donors (Lipinski definition) is 0. The van der Waals surface area contributed by atoms with Gasteiger partial charge in [-0.1, -0.05) is 24.0 Å². The topological polar surface area (TPSA) is 76.6 Å². The van der Waals surface area contributed by atoms with E-state index in [4.69, 9.17) is 16.6 Å². The Morgan fingerprint density at radius 3 is 2.65 bits per heavy atom. The molecule has 0 unspecified atom stereocenters. The minimum atomic E-state index is -0.466. The summed E-state index contributed by atoms with van der Waals surface area (Å²) in [6.07, 6.45) is 3.21. The molecule has 2 aromatic rings. The number of furan rings is 1. The van der Waals surface area contributed by atoms with Gasteiger partial charge in [0.1, 0.15) is 10.1 Å². The molecule has 2 heterocycles. The van der Waals surface area contributed by atoms with Crippen LogP contribution in [-0.4, -0.2) is 20.1 Å². The molecule has 3 rings (SSSR count). The minimum absolute atomic E-state index is 0.00696. The molecular weight excluding hydrogens is 336 g/mol. The molecule has 1 aliphatic rings. The van der Waals surface area contributed by atoms with E-state index in [0.717, 1.165) is 0 Å². The predicted molar refractivity (Wildman–Crippen MR) is 90.5 cm³/mol. The zero-order valence-corrected chi connectivity index (χ0v) is 13.3. The number of carbonyl (C=O) groups excluding carboxylic acids is 1. The summed E-state index contributed by atoms with van der Waals surface area (Å²) < 4.78 is 5.69. The number of rotatable bonds is 4. The fourth-order valence-electron chi connectivity index (χ4n) is 2.04. The maximum Gasteiger partial charge on any atom is 0.269 e. The average Bonchev–Trinajstić information content (AvgIpc) is 3.12. The molecule has 0 aliphatic carbocycles. The summed E-state index contributed by atoms with van der Waals surface area (Å²) in [6, 6.07) is 9.51. The number of benzene rings is 1. The van der Waals surface area contributed by atoms with Gasteiger partial charge in [-0.05, 0) is 35.9 Å². The third-order valence-corrected chi connectivity index (χ3v) is 4.55. The number of nitro benzene ring substituents is 1. The molecule has 0 radical (unpaired) electrons. The number of amides is 1. The lowest BCUT2D eigenvalue weighted by molar-refractivity contribution is -0.384. The van der Waals surface area contributed by atoms with Crippen LogP contribution >= 0.6 is 24.0 Å². The van der Waals surface area contributed by atoms with Crippen LogP contribution in [0.5, 0.6) is 0 Å². The van der Waals surface area contributed by atoms with E-state index in [1.54, 1.807) is 36.6 Å². The van der Waals surface area contributed by atoms with Gasteiger partial charge in [0.15, 0.2) is 0 Å². The standard InChI is InChI=1S/C15H10N2O4S2/c18-14-13(8-10-3-5-11(6-4-10)17(19)20)23-15(22)16(14)9-12-2-1-7-21-12/h1-8H,9H2/b13-8+. The Morgan fingerprint density at radius 2 is 2.04 bits per heavy atom. The number of thiocarbonyl (C=S) groups is 1. The number of nitro groups is 1. The summed E-state index contributed by atoms with van der Waals surface area (Å²) in [5, 5.41) is 10.6. The van der Waals surface area contributed by atoms with E-state index in [1.807, 2.05) is 0 Å². The molecule has 1 fully saturated rings. The molecule has 0 bridgehead atoms. The zero-order valence-electron chi connectivity index (χ0n) is 11.7. The number of nitrogens with zero attached hydrogens (tertiary/aromatic N) is 2. The number of thioether (sulfide) groups is 1. The van der Waals surface area contributed by atoms with Crippen LogP contribution in [0.3, 0.4) is 0 Å². The highest BCUT2D eigenvalue weighted by Gasteiger charge is 2.32. The summed E-state index contributed by atoms with van der Waals surface area (Å²) in [4.78, 5) is 24.6. The van der Waals surface area contributed by atoms with Crippen molar-refractivity contribution in [2.75, 3.05) is 0 Å². The third-order valence-electron chi connectivity index (χ3n) is 3.17. The highest BCUT2D eigenvalue weighted by atomic mass is 32.2. The normalized spacial score (nSPS) is 16.3. The van der Waals surface area contributed by atoms with Crippen LogP contribution in [0.1, 0.15) is 11.3 Å². The SMILES string of the molecule is O=C1/C(=C\c2ccc([N+](=O)[O-])cc2)SC(=S)N1Cc1ccco1. The van der Waals surface area contributed by atoms with E-state index in [-0.39, 0.29) is 18.1 Å². The largest absolute Gasteiger partial charge is 0.467 e. The van der Waals surface area contributed by atoms with Crippen molar-refractivity contribution in [1.82, 2.24) is 4.90 Å². The number of non-ortho nitro benzene ring substituents is 1. The van der Waals surface area contributed by atoms with Crippen molar-refractivity contribution in [3.63, 3.8) is 0 Å². The Labute approximate surface area is 140 Å². The van der Waals surface area contributed by atoms with E-state index in [1.165, 1.54) is 28.8 Å². The second-order valence-electron chi connectivity index (χ2n) is 4.70. The fourth-order valence-corrected chi connectivity index (χ4v) is 3.29. The van der Waals surface area contributed by atoms with E-state index >= 15 is 0 Å². The van der Waals surface area contributed by atoms with Gasteiger partial charge in [0.05, 0.1) is 22.6 Å². The lowest BCUT2D eigenvalue weighted by Gasteiger charge is -2.11. The molecule has 116 valence electrons. The second kappa shape index (κ2) is 6.35. The molecule has 23 heavy (non-hydrogen) atoms. The van der Waals surface area contributed by atoms with Gasteiger partial charge >= 0.3 is 0 Å². The van der Waals surface area contributed by atoms with E-state index < -0.39 is 4.92 Å². The first-order valence-corrected chi connectivity index (χ1v) is 7.79. The van der Waals surface area contributed by atoms with Gasteiger partial charge in [-0.3, -0.25) is 19.8 Å². The van der Waals surface area contributed by atoms with Crippen LogP contribution in [0.15, 0.2) is 52.0 Å². The molecule has 1 aromatic carbocycles. The Kier molecular flexibility index (Phi) is 4.26. The van der Waals surface area contributed by atoms with E-state index in [2.05, 4.69) is 0 Å². The third kappa shape index (κ3) is 3.33. The molecule has 8 heteroatoms. The monoisotopic (exact) mass is 346 g/mol. The Bertz CT molecular complexity index is 797. The summed E-state index contributed by atoms with van der Waals surface area (Å²) in [5.41, 5.74) is 0.710. The Balaban J connectivity index is 1.79. The Morgan fingerprint density at radius 1 is 1.30 bits per heavy atom. The van der Waals surface area contributed by atoms with Gasteiger partial charge in [-0.2, -0.15) is 0 Å². The van der Waals surface area contributed by atoms with Gasteiger partial charge in [0.2, 0.25) is 0 Å². The first-order chi connectivity index (χ1) is 11.0. The van der Waals surface area contributed by atoms with Crippen molar-refractivity contribution in [1.29, 1.82) is 0 Å². The van der Waals surface area contributed by atoms with Crippen LogP contribution in [0, 0.1) is 10.1 Å². The lowest BCUT2D eigenvalue weighted by Crippen LogP contribution is -2.27. The molecule has 0 N–H and O–H groups in total. The highest BCUT2D eigenvalue weighted by molar-refractivity contribution is 8.26. The zero-order chi connectivity index (χ0) is 16.4. The number of hydrogen-bond acceptors (Lipinski definition) is 6. The summed E-state index contributed by atoms with van der Waals surface area (Å²) in [6.45, 7) is 0.287. The van der Waals surface area contributed by atoms with Gasteiger partial charge < -0.3 is 4.42 Å². The van der Waals surface area contributed by atoms with Gasteiger partial charge in [-0.15, -0.1) is 0 Å². The van der Waals surface area contributed by atoms with Crippen molar-refractivity contribution in [3.05, 3.63) is 69.0 Å². The predicted octanol–water partition coefficient (Wildman–Crippen LogP) is 3.59. The van der Waals surface area contributed by atoms with Crippen LogP contribution in [-0.2, 0) is 11.3 Å². The Hall–Kier alpha value is -2.45. The van der Waals surface area contributed by atoms with Crippen LogP contribution in [0.2, 0.25) is 0 Å². The quantitative estimate of drug-likeness (QED) is 0.364. The van der Waals surface area contributed by atoms with Crippen molar-refractivity contribution in [3.8, 4) is 0 Å². The maximum atomic E-state index is 12.4. The smallest absolute Gasteiger partial charge is 0.269 e. The molecule has 1 amide bonds. The first-order valence-electron chi connectivity index (χ1n) is 6.57. The van der Waals surface area contributed by atoms with Crippen molar-refractivity contribution < 1.29 is 14.1 Å². The first kappa shape index (κ1) is 15.4. The number of carbonyl (C=O) groups is 1. The molecular formula is C15H10N2O4S2. The van der Waals surface area contributed by atoms with Crippen molar-refractivity contribution >= 4 is 46.0 Å². The van der Waals surface area contributed by atoms with Crippen molar-refractivity contribution in [2.45, 2.75) is 6.54 Å². The minimum Gasteiger partial charge on any atom is -0.467 e. The van der Waals surface area contributed by atoms with Crippen LogP contribution in [0.25, 0.3) is 6.08 Å². The molecule has 1 aromatic heterocycles. The maximum absolute atomic E-state index is 12.4. The molecule has 6 nitrogen and oxygen atoms in total. The van der Waals surface area contributed by atoms with Crippen LogP contribution in [0.4, 0.5) is 5.69 Å². The van der Waals surface area contributed by atoms with Gasteiger partial charge in [0, 0.05) is 12.1 Å². The molecule has 0 saturated carbocycles. The molecule has 1 aliphatic heterocycles. The highest BCUT2D eigenvalue weighted by Crippen LogP contribution is 2.33. The van der Waals surface area contributed by atoms with Gasteiger partial charge in [-0.25, -0.2) is 0 Å². The van der Waals surface area contributed by atoms with Gasteiger partial charge in [0.25, 0.3) is 11.6 Å². The molecule has 1 saturated heterocycles. The lowest BCUT2D eigenvalue weighted by atomic mass is 10.2. The average molecular weight is 346 g/mol. The van der Waals surface area contributed by atoms with Crippen molar-refractivity contribution in [2.24, 2.45) is 0 Å². The molecule has 0 atom stereocenters. The van der Waals surface area contributed by atoms with E-state index in [9.17, 15) is 14.9 Å². The van der Waals surface area contributed by atoms with Crippen LogP contribution < -0.4 is 0 Å². The summed E-state index contributed by atoms with van der Waals surface area (Å²) in [7, 11) is 0.